The van der Waals surface area contributed by atoms with Crippen LogP contribution in [0.2, 0.25) is 0 Å². The molecule has 2 aliphatic heterocycles. The molecule has 3 heterocycles. The van der Waals surface area contributed by atoms with Gasteiger partial charge < -0.3 is 14.5 Å². The molecule has 2 aliphatic rings. The van der Waals surface area contributed by atoms with Crippen LogP contribution >= 0.6 is 0 Å². The van der Waals surface area contributed by atoms with Crippen molar-refractivity contribution in [2.45, 2.75) is 19.3 Å². The number of hydrogen-bond acceptors (Lipinski definition) is 5. The first-order valence-electron chi connectivity index (χ1n) is 8.91. The molecule has 0 bridgehead atoms. The van der Waals surface area contributed by atoms with E-state index in [9.17, 15) is 0 Å². The van der Waals surface area contributed by atoms with Crippen molar-refractivity contribution in [3.8, 4) is 11.1 Å². The molecule has 2 aromatic rings. The fourth-order valence-electron chi connectivity index (χ4n) is 3.52. The molecule has 0 atom stereocenters. The number of hydrogen-bond donors (Lipinski definition) is 0. The number of aromatic nitrogens is 2. The van der Waals surface area contributed by atoms with Crippen molar-refractivity contribution in [2.24, 2.45) is 0 Å². The monoisotopic (exact) mass is 324 g/mol. The SMILES string of the molecule is c1ccc(N2CCCCC2)c(-c2cnc(N3CCOCC3)nc2)c1. The van der Waals surface area contributed by atoms with E-state index < -0.39 is 0 Å². The first-order chi connectivity index (χ1) is 11.9. The molecule has 1 aromatic heterocycles. The Balaban J connectivity index is 1.59. The number of rotatable bonds is 3. The van der Waals surface area contributed by atoms with Gasteiger partial charge in [-0.25, -0.2) is 9.97 Å². The standard InChI is InChI=1S/C19H24N4O/c1-4-8-22(9-5-1)18-7-3-2-6-17(18)16-14-20-19(21-15-16)23-10-12-24-13-11-23/h2-3,6-7,14-15H,1,4-5,8-13H2. The molecule has 0 amide bonds. The lowest BCUT2D eigenvalue weighted by Crippen LogP contribution is -2.37. The fourth-order valence-corrected chi connectivity index (χ4v) is 3.52. The first kappa shape index (κ1) is 15.4. The molecule has 0 N–H and O–H groups in total. The van der Waals surface area contributed by atoms with E-state index in [0.29, 0.717) is 0 Å². The summed E-state index contributed by atoms with van der Waals surface area (Å²) in [5, 5.41) is 0. The highest BCUT2D eigenvalue weighted by Gasteiger charge is 2.17. The number of anilines is 2. The molecule has 0 unspecified atom stereocenters. The summed E-state index contributed by atoms with van der Waals surface area (Å²) in [6.45, 7) is 5.52. The average molecular weight is 324 g/mol. The van der Waals surface area contributed by atoms with Crippen molar-refractivity contribution in [1.82, 2.24) is 9.97 Å². The molecular weight excluding hydrogens is 300 g/mol. The van der Waals surface area contributed by atoms with Crippen LogP contribution in [0.4, 0.5) is 11.6 Å². The zero-order valence-electron chi connectivity index (χ0n) is 14.0. The summed E-state index contributed by atoms with van der Waals surface area (Å²) in [4.78, 5) is 13.9. The van der Waals surface area contributed by atoms with E-state index in [0.717, 1.165) is 50.9 Å². The van der Waals surface area contributed by atoms with Crippen molar-refractivity contribution in [3.05, 3.63) is 36.7 Å². The van der Waals surface area contributed by atoms with E-state index in [1.807, 2.05) is 12.4 Å². The van der Waals surface area contributed by atoms with Gasteiger partial charge in [0.15, 0.2) is 0 Å². The van der Waals surface area contributed by atoms with Crippen molar-refractivity contribution in [1.29, 1.82) is 0 Å². The van der Waals surface area contributed by atoms with Crippen LogP contribution in [0.5, 0.6) is 0 Å². The van der Waals surface area contributed by atoms with Crippen LogP contribution in [0.15, 0.2) is 36.7 Å². The van der Waals surface area contributed by atoms with Crippen LogP contribution in [0.25, 0.3) is 11.1 Å². The van der Waals surface area contributed by atoms with Gasteiger partial charge in [0.05, 0.1) is 13.2 Å². The van der Waals surface area contributed by atoms with Crippen LogP contribution < -0.4 is 9.80 Å². The minimum Gasteiger partial charge on any atom is -0.378 e. The minimum atomic E-state index is 0.753. The maximum absolute atomic E-state index is 5.39. The van der Waals surface area contributed by atoms with Gasteiger partial charge in [-0.1, -0.05) is 18.2 Å². The van der Waals surface area contributed by atoms with Crippen LogP contribution in [0.3, 0.4) is 0 Å². The van der Waals surface area contributed by atoms with Gasteiger partial charge in [0.1, 0.15) is 0 Å². The molecule has 24 heavy (non-hydrogen) atoms. The summed E-state index contributed by atoms with van der Waals surface area (Å²) in [6.07, 6.45) is 7.82. The molecule has 2 fully saturated rings. The van der Waals surface area contributed by atoms with E-state index in [2.05, 4.69) is 44.0 Å². The number of ether oxygens (including phenoxy) is 1. The Labute approximate surface area is 143 Å². The Morgan fingerprint density at radius 2 is 1.50 bits per heavy atom. The van der Waals surface area contributed by atoms with Crippen LogP contribution in [-0.4, -0.2) is 49.4 Å². The highest BCUT2D eigenvalue weighted by molar-refractivity contribution is 5.78. The quantitative estimate of drug-likeness (QED) is 0.868. The van der Waals surface area contributed by atoms with Crippen molar-refractivity contribution in [3.63, 3.8) is 0 Å². The van der Waals surface area contributed by atoms with Crippen molar-refractivity contribution < 1.29 is 4.74 Å². The van der Waals surface area contributed by atoms with Gasteiger partial charge in [-0.3, -0.25) is 0 Å². The van der Waals surface area contributed by atoms with E-state index in [1.165, 1.54) is 30.5 Å². The van der Waals surface area contributed by atoms with Crippen LogP contribution in [0.1, 0.15) is 19.3 Å². The molecule has 0 aliphatic carbocycles. The summed E-state index contributed by atoms with van der Waals surface area (Å²) in [6, 6.07) is 8.61. The molecular formula is C19H24N4O. The number of morpholine rings is 1. The summed E-state index contributed by atoms with van der Waals surface area (Å²) in [5.74, 6) is 0.803. The van der Waals surface area contributed by atoms with Crippen molar-refractivity contribution in [2.75, 3.05) is 49.2 Å². The molecule has 0 spiro atoms. The zero-order valence-corrected chi connectivity index (χ0v) is 14.0. The lowest BCUT2D eigenvalue weighted by atomic mass is 10.0. The van der Waals surface area contributed by atoms with E-state index in [4.69, 9.17) is 4.74 Å². The molecule has 0 radical (unpaired) electrons. The normalized spacial score (nSPS) is 18.7. The Morgan fingerprint density at radius 3 is 2.25 bits per heavy atom. The van der Waals surface area contributed by atoms with Gasteiger partial charge in [0, 0.05) is 55.4 Å². The second-order valence-corrected chi connectivity index (χ2v) is 6.44. The number of nitrogens with zero attached hydrogens (tertiary/aromatic N) is 4. The average Bonchev–Trinajstić information content (AvgIpc) is 2.69. The summed E-state index contributed by atoms with van der Waals surface area (Å²) < 4.78 is 5.39. The van der Waals surface area contributed by atoms with Gasteiger partial charge in [-0.05, 0) is 25.3 Å². The Morgan fingerprint density at radius 1 is 0.792 bits per heavy atom. The lowest BCUT2D eigenvalue weighted by Gasteiger charge is -2.30. The van der Waals surface area contributed by atoms with Gasteiger partial charge in [0.2, 0.25) is 5.95 Å². The fraction of sp³-hybridized carbons (Fsp3) is 0.474. The minimum absolute atomic E-state index is 0.753. The maximum atomic E-state index is 5.39. The summed E-state index contributed by atoms with van der Waals surface area (Å²) >= 11 is 0. The Hall–Kier alpha value is -2.14. The first-order valence-corrected chi connectivity index (χ1v) is 8.91. The summed E-state index contributed by atoms with van der Waals surface area (Å²) in [7, 11) is 0. The predicted octanol–water partition coefficient (Wildman–Crippen LogP) is 2.97. The van der Waals surface area contributed by atoms with Gasteiger partial charge in [-0.15, -0.1) is 0 Å². The third-order valence-electron chi connectivity index (χ3n) is 4.84. The van der Waals surface area contributed by atoms with Gasteiger partial charge >= 0.3 is 0 Å². The molecule has 1 aromatic carbocycles. The third kappa shape index (κ3) is 3.22. The second kappa shape index (κ2) is 7.18. The summed E-state index contributed by atoms with van der Waals surface area (Å²) in [5.41, 5.74) is 3.63. The molecule has 4 rings (SSSR count). The Kier molecular flexibility index (Phi) is 4.60. The smallest absolute Gasteiger partial charge is 0.225 e. The molecule has 0 saturated carbocycles. The van der Waals surface area contributed by atoms with Crippen molar-refractivity contribution >= 4 is 11.6 Å². The number of benzene rings is 1. The number of piperidine rings is 1. The van der Waals surface area contributed by atoms with Crippen LogP contribution in [-0.2, 0) is 4.74 Å². The maximum Gasteiger partial charge on any atom is 0.225 e. The largest absolute Gasteiger partial charge is 0.378 e. The number of para-hydroxylation sites is 1. The van der Waals surface area contributed by atoms with E-state index >= 15 is 0 Å². The Bertz CT molecular complexity index is 661. The van der Waals surface area contributed by atoms with Gasteiger partial charge in [-0.2, -0.15) is 0 Å². The topological polar surface area (TPSA) is 41.5 Å². The molecule has 5 nitrogen and oxygen atoms in total. The zero-order chi connectivity index (χ0) is 16.2. The van der Waals surface area contributed by atoms with E-state index in [1.54, 1.807) is 0 Å². The highest BCUT2D eigenvalue weighted by atomic mass is 16.5. The van der Waals surface area contributed by atoms with Crippen LogP contribution in [0, 0.1) is 0 Å². The third-order valence-corrected chi connectivity index (χ3v) is 4.84. The highest BCUT2D eigenvalue weighted by Crippen LogP contribution is 2.32. The second-order valence-electron chi connectivity index (χ2n) is 6.44. The molecule has 2 saturated heterocycles. The molecule has 5 heteroatoms. The molecule has 126 valence electrons. The predicted molar refractivity (Wildman–Crippen MR) is 96.6 cm³/mol. The van der Waals surface area contributed by atoms with E-state index in [-0.39, 0.29) is 0 Å². The lowest BCUT2D eigenvalue weighted by molar-refractivity contribution is 0.122. The van der Waals surface area contributed by atoms with Gasteiger partial charge in [0.25, 0.3) is 0 Å².